The Bertz CT molecular complexity index is 574. The summed E-state index contributed by atoms with van der Waals surface area (Å²) >= 11 is 5.64. The lowest BCUT2D eigenvalue weighted by Crippen LogP contribution is -2.05. The minimum Gasteiger partial charge on any atom is -0.258 e. The van der Waals surface area contributed by atoms with Crippen molar-refractivity contribution in [1.82, 2.24) is 0 Å². The first-order chi connectivity index (χ1) is 7.38. The van der Waals surface area contributed by atoms with Gasteiger partial charge in [0.05, 0.1) is 14.8 Å². The molecule has 0 aliphatic carbocycles. The molecule has 84 valence electrons. The van der Waals surface area contributed by atoms with Gasteiger partial charge in [-0.15, -0.1) is 6.42 Å². The maximum Gasteiger partial charge on any atom is 0.271 e. The Morgan fingerprint density at radius 3 is 2.56 bits per heavy atom. The zero-order valence-electron chi connectivity index (χ0n) is 7.88. The van der Waals surface area contributed by atoms with Gasteiger partial charge in [0.1, 0.15) is 5.75 Å². The first-order valence-electron chi connectivity index (χ1n) is 3.98. The van der Waals surface area contributed by atoms with Crippen LogP contribution in [0, 0.1) is 22.5 Å². The summed E-state index contributed by atoms with van der Waals surface area (Å²) in [5, 5.41) is 10.2. The molecule has 0 saturated heterocycles. The van der Waals surface area contributed by atoms with Crippen LogP contribution >= 0.6 is 11.6 Å². The molecular weight excluding hydrogens is 254 g/mol. The van der Waals surface area contributed by atoms with Crippen LogP contribution in [0.15, 0.2) is 23.1 Å². The second kappa shape index (κ2) is 4.51. The van der Waals surface area contributed by atoms with Crippen LogP contribution < -0.4 is 0 Å². The van der Waals surface area contributed by atoms with Gasteiger partial charge < -0.3 is 0 Å². The Hall–Kier alpha value is -1.58. The summed E-state index contributed by atoms with van der Waals surface area (Å²) in [4.78, 5) is 9.55. The molecular formula is C9H6ClNO4S. The lowest BCUT2D eigenvalue weighted by Gasteiger charge is -2.02. The third kappa shape index (κ3) is 2.51. The lowest BCUT2D eigenvalue weighted by molar-refractivity contribution is -0.384. The van der Waals surface area contributed by atoms with E-state index in [0.29, 0.717) is 0 Å². The summed E-state index contributed by atoms with van der Waals surface area (Å²) in [6.07, 6.45) is 4.90. The van der Waals surface area contributed by atoms with E-state index in [4.69, 9.17) is 18.0 Å². The Balaban J connectivity index is 3.30. The molecule has 0 fully saturated rings. The van der Waals surface area contributed by atoms with Gasteiger partial charge in [-0.25, -0.2) is 8.42 Å². The van der Waals surface area contributed by atoms with Crippen molar-refractivity contribution in [2.24, 2.45) is 0 Å². The molecule has 0 aliphatic rings. The smallest absolute Gasteiger partial charge is 0.258 e. The summed E-state index contributed by atoms with van der Waals surface area (Å²) in [5.41, 5.74) is -0.273. The number of benzene rings is 1. The normalized spacial score (nSPS) is 10.8. The van der Waals surface area contributed by atoms with Crippen molar-refractivity contribution in [2.45, 2.75) is 4.90 Å². The van der Waals surface area contributed by atoms with Crippen molar-refractivity contribution in [3.05, 3.63) is 33.3 Å². The summed E-state index contributed by atoms with van der Waals surface area (Å²) in [7, 11) is -3.67. The highest BCUT2D eigenvalue weighted by molar-refractivity contribution is 7.91. The van der Waals surface area contributed by atoms with Crippen LogP contribution in [0.2, 0.25) is 5.02 Å². The molecule has 0 spiro atoms. The minimum absolute atomic E-state index is 0.197. The van der Waals surface area contributed by atoms with Gasteiger partial charge in [0.15, 0.2) is 9.84 Å². The van der Waals surface area contributed by atoms with Crippen LogP contribution in [0.4, 0.5) is 5.69 Å². The Labute approximate surface area is 97.1 Å². The Kier molecular flexibility index (Phi) is 3.52. The van der Waals surface area contributed by atoms with Gasteiger partial charge in [0.2, 0.25) is 0 Å². The number of rotatable bonds is 3. The predicted octanol–water partition coefficient (Wildman–Crippen LogP) is 1.66. The zero-order valence-corrected chi connectivity index (χ0v) is 9.46. The van der Waals surface area contributed by atoms with Crippen molar-refractivity contribution < 1.29 is 13.3 Å². The van der Waals surface area contributed by atoms with Crippen molar-refractivity contribution >= 4 is 27.1 Å². The molecule has 5 nitrogen and oxygen atoms in total. The average molecular weight is 260 g/mol. The van der Waals surface area contributed by atoms with Gasteiger partial charge in [-0.3, -0.25) is 10.1 Å². The van der Waals surface area contributed by atoms with Crippen molar-refractivity contribution in [1.29, 1.82) is 0 Å². The van der Waals surface area contributed by atoms with Crippen LogP contribution in [-0.2, 0) is 9.84 Å². The number of nitro groups is 1. The third-order valence-corrected chi connectivity index (χ3v) is 3.73. The first kappa shape index (κ1) is 12.5. The molecule has 1 rings (SSSR count). The van der Waals surface area contributed by atoms with Crippen LogP contribution in [0.1, 0.15) is 0 Å². The van der Waals surface area contributed by atoms with Gasteiger partial charge in [0, 0.05) is 12.1 Å². The predicted molar refractivity (Wildman–Crippen MR) is 59.0 cm³/mol. The van der Waals surface area contributed by atoms with E-state index in [9.17, 15) is 18.5 Å². The van der Waals surface area contributed by atoms with E-state index in [-0.39, 0.29) is 15.6 Å². The first-order valence-corrected chi connectivity index (χ1v) is 6.01. The van der Waals surface area contributed by atoms with E-state index >= 15 is 0 Å². The third-order valence-electron chi connectivity index (χ3n) is 1.73. The molecule has 0 N–H and O–H groups in total. The number of halogens is 1. The minimum atomic E-state index is -3.67. The highest BCUT2D eigenvalue weighted by Gasteiger charge is 2.19. The molecule has 1 aromatic carbocycles. The van der Waals surface area contributed by atoms with Crippen molar-refractivity contribution in [3.63, 3.8) is 0 Å². The number of hydrogen-bond acceptors (Lipinski definition) is 4. The topological polar surface area (TPSA) is 77.3 Å². The van der Waals surface area contributed by atoms with Crippen molar-refractivity contribution in [3.8, 4) is 12.3 Å². The van der Waals surface area contributed by atoms with E-state index in [2.05, 4.69) is 0 Å². The van der Waals surface area contributed by atoms with Crippen LogP contribution in [0.25, 0.3) is 0 Å². The molecule has 0 heterocycles. The molecule has 0 atom stereocenters. The number of terminal acetylenes is 1. The van der Waals surface area contributed by atoms with Crippen molar-refractivity contribution in [2.75, 3.05) is 5.75 Å². The Morgan fingerprint density at radius 2 is 2.12 bits per heavy atom. The second-order valence-electron chi connectivity index (χ2n) is 2.84. The van der Waals surface area contributed by atoms with Gasteiger partial charge in [-0.05, 0) is 6.07 Å². The summed E-state index contributed by atoms with van der Waals surface area (Å²) < 4.78 is 23.1. The van der Waals surface area contributed by atoms with Gasteiger partial charge in [0.25, 0.3) is 5.69 Å². The highest BCUT2D eigenvalue weighted by Crippen LogP contribution is 2.26. The maximum atomic E-state index is 11.5. The zero-order chi connectivity index (χ0) is 12.3. The van der Waals surface area contributed by atoms with Crippen LogP contribution in [-0.4, -0.2) is 19.1 Å². The number of nitro benzene ring substituents is 1. The van der Waals surface area contributed by atoms with E-state index < -0.39 is 20.5 Å². The highest BCUT2D eigenvalue weighted by atomic mass is 35.5. The average Bonchev–Trinajstić information content (AvgIpc) is 2.16. The van der Waals surface area contributed by atoms with Gasteiger partial charge in [-0.1, -0.05) is 17.5 Å². The van der Waals surface area contributed by atoms with E-state index in [1.807, 2.05) is 5.92 Å². The molecule has 0 aromatic heterocycles. The number of non-ortho nitro benzene ring substituents is 1. The van der Waals surface area contributed by atoms with Crippen LogP contribution in [0.3, 0.4) is 0 Å². The monoisotopic (exact) mass is 259 g/mol. The fraction of sp³-hybridized carbons (Fsp3) is 0.111. The SMILES string of the molecule is C#CCS(=O)(=O)c1ccc([N+](=O)[O-])cc1Cl. The molecule has 0 radical (unpaired) electrons. The molecule has 0 saturated carbocycles. The Morgan fingerprint density at radius 1 is 1.50 bits per heavy atom. The maximum absolute atomic E-state index is 11.5. The van der Waals surface area contributed by atoms with Gasteiger partial charge >= 0.3 is 0 Å². The quantitative estimate of drug-likeness (QED) is 0.470. The lowest BCUT2D eigenvalue weighted by atomic mass is 10.3. The number of nitrogens with zero attached hydrogens (tertiary/aromatic N) is 1. The summed E-state index contributed by atoms with van der Waals surface area (Å²) in [6, 6.07) is 3.12. The van der Waals surface area contributed by atoms with E-state index in [1.165, 1.54) is 0 Å². The molecule has 0 unspecified atom stereocenters. The van der Waals surface area contributed by atoms with Crippen LogP contribution in [0.5, 0.6) is 0 Å². The molecule has 7 heteroatoms. The molecule has 16 heavy (non-hydrogen) atoms. The van der Waals surface area contributed by atoms with E-state index in [1.54, 1.807) is 0 Å². The fourth-order valence-electron chi connectivity index (χ4n) is 1.04. The molecule has 0 bridgehead atoms. The molecule has 1 aromatic rings. The number of sulfone groups is 1. The molecule has 0 amide bonds. The fourth-order valence-corrected chi connectivity index (χ4v) is 2.58. The summed E-state index contributed by atoms with van der Waals surface area (Å²) in [6.45, 7) is 0. The largest absolute Gasteiger partial charge is 0.271 e. The standard InChI is InChI=1S/C9H6ClNO4S/c1-2-5-16(14,15)9-4-3-7(11(12)13)6-8(9)10/h1,3-4,6H,5H2. The van der Waals surface area contributed by atoms with E-state index in [0.717, 1.165) is 18.2 Å². The summed E-state index contributed by atoms with van der Waals surface area (Å²) in [5.74, 6) is 1.50. The second-order valence-corrected chi connectivity index (χ2v) is 5.20. The molecule has 0 aliphatic heterocycles. The van der Waals surface area contributed by atoms with Gasteiger partial charge in [-0.2, -0.15) is 0 Å². The number of hydrogen-bond donors (Lipinski definition) is 0.